The fourth-order valence-electron chi connectivity index (χ4n) is 8.43. The molecule has 0 aliphatic rings. The van der Waals surface area contributed by atoms with E-state index in [1.54, 1.807) is 0 Å². The van der Waals surface area contributed by atoms with Crippen LogP contribution in [0.5, 0.6) is 0 Å². The van der Waals surface area contributed by atoms with Gasteiger partial charge in [-0.15, -0.1) is 11.1 Å². The minimum Gasteiger partial charge on any atom is -0.224 e. The number of para-hydroxylation sites is 2. The van der Waals surface area contributed by atoms with Crippen molar-refractivity contribution in [2.45, 2.75) is 116 Å². The predicted octanol–water partition coefficient (Wildman–Crippen LogP) is 11.0. The lowest BCUT2D eigenvalue weighted by Crippen LogP contribution is -2.43. The third-order valence-electron chi connectivity index (χ3n) is 10.7. The number of nitrogens with zero attached hydrogens (tertiary/aromatic N) is 4. The monoisotopic (exact) mass is 642 g/mol. The lowest BCUT2D eigenvalue weighted by atomic mass is 9.97. The van der Waals surface area contributed by atoms with Gasteiger partial charge in [-0.1, -0.05) is 131 Å². The molecule has 0 fully saturated rings. The number of benzene rings is 3. The highest BCUT2D eigenvalue weighted by molar-refractivity contribution is 6.91. The topological polar surface area (TPSA) is 51.6 Å². The van der Waals surface area contributed by atoms with Gasteiger partial charge >= 0.3 is 0 Å². The van der Waals surface area contributed by atoms with E-state index in [-0.39, 0.29) is 0 Å². The number of hydrogen-bond donors (Lipinski definition) is 0. The summed E-state index contributed by atoms with van der Waals surface area (Å²) in [5.41, 5.74) is 17.2. The molecular weight excluding hydrogens is 593 g/mol. The molecule has 0 spiro atoms. The van der Waals surface area contributed by atoms with Gasteiger partial charge < -0.3 is 0 Å². The summed E-state index contributed by atoms with van der Waals surface area (Å²) in [6.07, 6.45) is 0. The molecule has 0 bridgehead atoms. The van der Waals surface area contributed by atoms with Crippen molar-refractivity contribution in [2.24, 2.45) is 0 Å². The molecule has 4 nitrogen and oxygen atoms in total. The normalized spacial score (nSPS) is 12.7. The van der Waals surface area contributed by atoms with E-state index in [2.05, 4.69) is 130 Å². The predicted molar refractivity (Wildman–Crippen MR) is 203 cm³/mol. The molecule has 0 saturated carbocycles. The van der Waals surface area contributed by atoms with Crippen LogP contribution in [0.4, 0.5) is 0 Å². The summed E-state index contributed by atoms with van der Waals surface area (Å²) in [6.45, 7) is 28.3. The van der Waals surface area contributed by atoms with E-state index >= 15 is 0 Å². The summed E-state index contributed by atoms with van der Waals surface area (Å²) in [6, 6.07) is 16.5. The number of aromatic nitrogens is 4. The van der Waals surface area contributed by atoms with Crippen LogP contribution in [0, 0.1) is 22.9 Å². The van der Waals surface area contributed by atoms with Crippen molar-refractivity contribution in [3.8, 4) is 22.9 Å². The third-order valence-corrected chi connectivity index (χ3v) is 23.3. The maximum atomic E-state index is 5.24. The minimum absolute atomic E-state index is 0.521. The van der Waals surface area contributed by atoms with Crippen LogP contribution in [-0.4, -0.2) is 36.1 Å². The van der Waals surface area contributed by atoms with Gasteiger partial charge in [-0.05, 0) is 45.4 Å². The Hall–Kier alpha value is -3.59. The highest BCUT2D eigenvalue weighted by Crippen LogP contribution is 2.43. The fourth-order valence-corrected chi connectivity index (χ4v) is 18.8. The van der Waals surface area contributed by atoms with E-state index in [0.717, 1.165) is 44.0 Å². The SMILES string of the molecule is CC(C)[Si](C#Cc1c2ccccc2c(C#C[Si](C(C)C)(C(C)C)C(C)C)c2nc3nc4ccccc4nc3nc12)(C(C)C)C(C)C. The van der Waals surface area contributed by atoms with Gasteiger partial charge in [0.05, 0.1) is 22.2 Å². The van der Waals surface area contributed by atoms with Gasteiger partial charge in [-0.25, -0.2) is 19.9 Å². The molecule has 0 aliphatic heterocycles. The molecule has 2 aromatic heterocycles. The Morgan fingerprint density at radius 2 is 0.739 bits per heavy atom. The maximum Gasteiger partial charge on any atom is 0.199 e. The molecule has 0 unspecified atom stereocenters. The first kappa shape index (κ1) is 33.8. The number of hydrogen-bond acceptors (Lipinski definition) is 4. The van der Waals surface area contributed by atoms with E-state index < -0.39 is 16.1 Å². The zero-order valence-electron chi connectivity index (χ0n) is 29.9. The standard InChI is InChI=1S/C40H50N4Si2/c1-25(2)45(26(3)4,27(5)6)23-21-33-31-17-13-14-18-32(31)34(22-24-46(28(7)8,29(9)10)30(11)12)38-37(33)43-39-40(44-38)42-36-20-16-15-19-35(36)41-39/h13-20,25-30H,1-12H3. The molecule has 5 rings (SSSR count). The second-order valence-corrected chi connectivity index (χ2v) is 26.0. The summed E-state index contributed by atoms with van der Waals surface area (Å²) in [7, 11) is -4.05. The van der Waals surface area contributed by atoms with E-state index in [0.29, 0.717) is 44.5 Å². The quantitative estimate of drug-likeness (QED) is 0.105. The lowest BCUT2D eigenvalue weighted by molar-refractivity contribution is 0.838. The Morgan fingerprint density at radius 3 is 1.04 bits per heavy atom. The molecule has 6 heteroatoms. The Kier molecular flexibility index (Phi) is 9.47. The van der Waals surface area contributed by atoms with E-state index in [1.807, 2.05) is 24.3 Å². The highest BCUT2D eigenvalue weighted by Gasteiger charge is 2.43. The van der Waals surface area contributed by atoms with Gasteiger partial charge in [0.15, 0.2) is 11.3 Å². The van der Waals surface area contributed by atoms with E-state index in [4.69, 9.17) is 19.9 Å². The van der Waals surface area contributed by atoms with Crippen molar-refractivity contribution in [1.29, 1.82) is 0 Å². The van der Waals surface area contributed by atoms with Gasteiger partial charge in [0.1, 0.15) is 27.2 Å². The van der Waals surface area contributed by atoms with Gasteiger partial charge in [0, 0.05) is 10.8 Å². The van der Waals surface area contributed by atoms with Gasteiger partial charge in [-0.2, -0.15) is 0 Å². The molecule has 3 aromatic carbocycles. The maximum absolute atomic E-state index is 5.24. The molecule has 0 aliphatic carbocycles. The second kappa shape index (κ2) is 12.9. The van der Waals surface area contributed by atoms with Gasteiger partial charge in [-0.3, -0.25) is 0 Å². The van der Waals surface area contributed by atoms with Crippen molar-refractivity contribution in [1.82, 2.24) is 19.9 Å². The fraction of sp³-hybridized carbons (Fsp3) is 0.450. The third kappa shape index (κ3) is 5.54. The minimum atomic E-state index is -2.03. The summed E-state index contributed by atoms with van der Waals surface area (Å²) in [5, 5.41) is 2.17. The van der Waals surface area contributed by atoms with Gasteiger partial charge in [0.25, 0.3) is 0 Å². The second-order valence-electron chi connectivity index (χ2n) is 14.9. The van der Waals surface area contributed by atoms with Crippen LogP contribution in [-0.2, 0) is 0 Å². The van der Waals surface area contributed by atoms with E-state index in [1.165, 1.54) is 0 Å². The van der Waals surface area contributed by atoms with Crippen molar-refractivity contribution < 1.29 is 0 Å². The summed E-state index contributed by atoms with van der Waals surface area (Å²) in [4.78, 5) is 20.3. The molecule has 0 N–H and O–H groups in total. The van der Waals surface area contributed by atoms with Crippen molar-refractivity contribution in [3.05, 3.63) is 59.7 Å². The Bertz CT molecular complexity index is 1860. The Balaban J connectivity index is 1.97. The summed E-state index contributed by atoms with van der Waals surface area (Å²) in [5.74, 6) is 7.59. The van der Waals surface area contributed by atoms with Crippen molar-refractivity contribution >= 4 is 60.3 Å². The largest absolute Gasteiger partial charge is 0.224 e. The van der Waals surface area contributed by atoms with Crippen LogP contribution in [0.1, 0.15) is 94.2 Å². The summed E-state index contributed by atoms with van der Waals surface area (Å²) < 4.78 is 0. The molecule has 0 atom stereocenters. The molecule has 0 saturated heterocycles. The summed E-state index contributed by atoms with van der Waals surface area (Å²) >= 11 is 0. The zero-order valence-corrected chi connectivity index (χ0v) is 31.9. The molecule has 46 heavy (non-hydrogen) atoms. The van der Waals surface area contributed by atoms with E-state index in [9.17, 15) is 0 Å². The first-order chi connectivity index (χ1) is 21.7. The smallest absolute Gasteiger partial charge is 0.199 e. The average molecular weight is 643 g/mol. The highest BCUT2D eigenvalue weighted by atomic mass is 28.3. The van der Waals surface area contributed by atoms with Crippen LogP contribution >= 0.6 is 0 Å². The molecule has 0 radical (unpaired) electrons. The van der Waals surface area contributed by atoms with Crippen LogP contribution < -0.4 is 0 Å². The Morgan fingerprint density at radius 1 is 0.435 bits per heavy atom. The van der Waals surface area contributed by atoms with Crippen LogP contribution in [0.2, 0.25) is 33.2 Å². The average Bonchev–Trinajstić information content (AvgIpc) is 2.99. The van der Waals surface area contributed by atoms with Crippen LogP contribution in [0.25, 0.3) is 44.1 Å². The first-order valence-electron chi connectivity index (χ1n) is 17.1. The first-order valence-corrected chi connectivity index (χ1v) is 21.6. The van der Waals surface area contributed by atoms with Crippen molar-refractivity contribution in [2.75, 3.05) is 0 Å². The van der Waals surface area contributed by atoms with Crippen molar-refractivity contribution in [3.63, 3.8) is 0 Å². The van der Waals surface area contributed by atoms with Crippen LogP contribution in [0.3, 0.4) is 0 Å². The van der Waals surface area contributed by atoms with Gasteiger partial charge in [0.2, 0.25) is 0 Å². The molecule has 238 valence electrons. The zero-order chi connectivity index (χ0) is 33.6. The number of rotatable bonds is 6. The molecular formula is C40H50N4Si2. The molecule has 5 aromatic rings. The molecule has 2 heterocycles. The Labute approximate surface area is 278 Å². The van der Waals surface area contributed by atoms with Crippen LogP contribution in [0.15, 0.2) is 48.5 Å². The molecule has 0 amide bonds. The lowest BCUT2D eigenvalue weighted by Gasteiger charge is -2.38. The number of fused-ring (bicyclic) bond motifs is 4.